The SMILES string of the molecule is COc1ccc([N+](=O)[O-])cc1C(=O)NCC(c1cccs1)N1CCC(C)CC1. The number of nitrogens with one attached hydrogen (secondary N) is 1. The molecule has 1 aromatic carbocycles. The number of nitrogens with zero attached hydrogens (tertiary/aromatic N) is 2. The average Bonchev–Trinajstić information content (AvgIpc) is 3.23. The second-order valence-electron chi connectivity index (χ2n) is 7.10. The molecule has 1 saturated heterocycles. The summed E-state index contributed by atoms with van der Waals surface area (Å²) >= 11 is 1.68. The van der Waals surface area contributed by atoms with Crippen molar-refractivity contribution in [1.82, 2.24) is 10.2 Å². The molecule has 3 rings (SSSR count). The van der Waals surface area contributed by atoms with Crippen LogP contribution < -0.4 is 10.1 Å². The van der Waals surface area contributed by atoms with Crippen LogP contribution in [-0.4, -0.2) is 42.5 Å². The summed E-state index contributed by atoms with van der Waals surface area (Å²) in [5.41, 5.74) is 0.0414. The Balaban J connectivity index is 1.75. The standard InChI is InChI=1S/C20H25N3O4S/c1-14-7-9-22(10-8-14)17(19-4-3-11-28-19)13-21-20(24)16-12-15(23(25)26)5-6-18(16)27-2/h3-6,11-12,14,17H,7-10,13H2,1-2H3,(H,21,24). The van der Waals surface area contributed by atoms with E-state index in [0.29, 0.717) is 12.3 Å². The Bertz CT molecular complexity index is 817. The lowest BCUT2D eigenvalue weighted by Gasteiger charge is -2.36. The fourth-order valence-electron chi connectivity index (χ4n) is 3.50. The van der Waals surface area contributed by atoms with E-state index in [9.17, 15) is 14.9 Å². The first-order valence-corrected chi connectivity index (χ1v) is 10.3. The normalized spacial score (nSPS) is 16.5. The number of hydrogen-bond acceptors (Lipinski definition) is 6. The van der Waals surface area contributed by atoms with E-state index in [4.69, 9.17) is 4.74 Å². The highest BCUT2D eigenvalue weighted by Gasteiger charge is 2.26. The minimum atomic E-state index is -0.514. The van der Waals surface area contributed by atoms with Gasteiger partial charge >= 0.3 is 0 Å². The predicted octanol–water partition coefficient (Wildman–Crippen LogP) is 3.87. The molecule has 150 valence electrons. The molecule has 1 fully saturated rings. The number of carbonyl (C=O) groups is 1. The molecule has 1 unspecified atom stereocenters. The van der Waals surface area contributed by atoms with Crippen LogP contribution in [0.1, 0.15) is 41.0 Å². The van der Waals surface area contributed by atoms with Gasteiger partial charge in [-0.2, -0.15) is 0 Å². The number of ether oxygens (including phenoxy) is 1. The summed E-state index contributed by atoms with van der Waals surface area (Å²) < 4.78 is 5.22. The van der Waals surface area contributed by atoms with Crippen LogP contribution in [0.4, 0.5) is 5.69 Å². The van der Waals surface area contributed by atoms with E-state index in [1.807, 2.05) is 11.4 Å². The Kier molecular flexibility index (Phi) is 6.64. The molecule has 1 aliphatic rings. The number of piperidine rings is 1. The number of likely N-dealkylation sites (tertiary alicyclic amines) is 1. The Labute approximate surface area is 168 Å². The summed E-state index contributed by atoms with van der Waals surface area (Å²) in [7, 11) is 1.45. The van der Waals surface area contributed by atoms with E-state index < -0.39 is 4.92 Å². The molecular weight excluding hydrogens is 378 g/mol. The van der Waals surface area contributed by atoms with Crippen LogP contribution in [0.2, 0.25) is 0 Å². The zero-order chi connectivity index (χ0) is 20.1. The van der Waals surface area contributed by atoms with Gasteiger partial charge in [-0.05, 0) is 49.4 Å². The number of methoxy groups -OCH3 is 1. The molecule has 2 aromatic rings. The fraction of sp³-hybridized carbons (Fsp3) is 0.450. The lowest BCUT2D eigenvalue weighted by Crippen LogP contribution is -2.41. The molecule has 8 heteroatoms. The molecule has 0 saturated carbocycles. The van der Waals surface area contributed by atoms with Crippen molar-refractivity contribution < 1.29 is 14.5 Å². The Morgan fingerprint density at radius 1 is 1.39 bits per heavy atom. The van der Waals surface area contributed by atoms with Crippen LogP contribution in [0.3, 0.4) is 0 Å². The Morgan fingerprint density at radius 2 is 2.14 bits per heavy atom. The van der Waals surface area contributed by atoms with E-state index in [1.54, 1.807) is 11.3 Å². The first-order chi connectivity index (χ1) is 13.5. The van der Waals surface area contributed by atoms with E-state index in [0.717, 1.165) is 31.8 Å². The predicted molar refractivity (Wildman–Crippen MR) is 109 cm³/mol. The molecule has 0 spiro atoms. The van der Waals surface area contributed by atoms with Gasteiger partial charge in [-0.1, -0.05) is 13.0 Å². The largest absolute Gasteiger partial charge is 0.496 e. The summed E-state index contributed by atoms with van der Waals surface area (Å²) in [5, 5.41) is 16.1. The lowest BCUT2D eigenvalue weighted by molar-refractivity contribution is -0.384. The second kappa shape index (κ2) is 9.16. The summed E-state index contributed by atoms with van der Waals surface area (Å²) in [6, 6.07) is 8.26. The number of carbonyl (C=O) groups excluding carboxylic acids is 1. The molecule has 7 nitrogen and oxygen atoms in total. The zero-order valence-corrected chi connectivity index (χ0v) is 16.9. The number of rotatable bonds is 7. The maximum atomic E-state index is 12.8. The molecular formula is C20H25N3O4S. The van der Waals surface area contributed by atoms with Gasteiger partial charge in [0, 0.05) is 23.6 Å². The first-order valence-electron chi connectivity index (χ1n) is 9.37. The molecule has 1 atom stereocenters. The molecule has 2 heterocycles. The number of benzene rings is 1. The third kappa shape index (κ3) is 4.69. The number of hydrogen-bond donors (Lipinski definition) is 1. The van der Waals surface area contributed by atoms with Crippen molar-refractivity contribution in [1.29, 1.82) is 0 Å². The number of non-ortho nitro benzene ring substituents is 1. The highest BCUT2D eigenvalue weighted by molar-refractivity contribution is 7.10. The van der Waals surface area contributed by atoms with Gasteiger partial charge in [0.05, 0.1) is 23.6 Å². The van der Waals surface area contributed by atoms with E-state index in [-0.39, 0.29) is 23.2 Å². The molecule has 28 heavy (non-hydrogen) atoms. The second-order valence-corrected chi connectivity index (χ2v) is 8.08. The number of nitro benzene ring substituents is 1. The highest BCUT2D eigenvalue weighted by atomic mass is 32.1. The molecule has 0 radical (unpaired) electrons. The van der Waals surface area contributed by atoms with E-state index in [2.05, 4.69) is 23.2 Å². The van der Waals surface area contributed by atoms with Gasteiger partial charge in [-0.3, -0.25) is 19.8 Å². The minimum Gasteiger partial charge on any atom is -0.496 e. The van der Waals surface area contributed by atoms with Gasteiger partial charge in [0.1, 0.15) is 5.75 Å². The van der Waals surface area contributed by atoms with Crippen LogP contribution in [0.25, 0.3) is 0 Å². The van der Waals surface area contributed by atoms with Crippen LogP contribution in [0.15, 0.2) is 35.7 Å². The van der Waals surface area contributed by atoms with Crippen molar-refractivity contribution in [2.45, 2.75) is 25.8 Å². The number of thiophene rings is 1. The monoisotopic (exact) mass is 403 g/mol. The summed E-state index contributed by atoms with van der Waals surface area (Å²) in [5.74, 6) is 0.680. The molecule has 1 aliphatic heterocycles. The maximum Gasteiger partial charge on any atom is 0.270 e. The van der Waals surface area contributed by atoms with E-state index in [1.165, 1.54) is 30.2 Å². The van der Waals surface area contributed by atoms with Crippen molar-refractivity contribution >= 4 is 22.9 Å². The molecule has 0 aliphatic carbocycles. The average molecular weight is 404 g/mol. The van der Waals surface area contributed by atoms with Crippen molar-refractivity contribution in [3.8, 4) is 5.75 Å². The summed E-state index contributed by atoms with van der Waals surface area (Å²) in [6.45, 7) is 4.72. The molecule has 1 amide bonds. The third-order valence-corrected chi connectivity index (χ3v) is 6.20. The van der Waals surface area contributed by atoms with Crippen LogP contribution in [0.5, 0.6) is 5.75 Å². The zero-order valence-electron chi connectivity index (χ0n) is 16.1. The van der Waals surface area contributed by atoms with Crippen LogP contribution in [0, 0.1) is 16.0 Å². The highest BCUT2D eigenvalue weighted by Crippen LogP contribution is 2.29. The van der Waals surface area contributed by atoms with Gasteiger partial charge in [0.2, 0.25) is 0 Å². The van der Waals surface area contributed by atoms with Crippen molar-refractivity contribution in [3.63, 3.8) is 0 Å². The van der Waals surface area contributed by atoms with Gasteiger partial charge in [-0.25, -0.2) is 0 Å². The smallest absolute Gasteiger partial charge is 0.270 e. The van der Waals surface area contributed by atoms with Crippen molar-refractivity contribution in [2.24, 2.45) is 5.92 Å². The summed E-state index contributed by atoms with van der Waals surface area (Å²) in [6.07, 6.45) is 2.29. The Morgan fingerprint density at radius 3 is 2.75 bits per heavy atom. The molecule has 0 bridgehead atoms. The van der Waals surface area contributed by atoms with Gasteiger partial charge in [0.15, 0.2) is 0 Å². The number of nitro groups is 1. The molecule has 1 aromatic heterocycles. The van der Waals surface area contributed by atoms with Crippen LogP contribution >= 0.6 is 11.3 Å². The topological polar surface area (TPSA) is 84.7 Å². The Hall–Kier alpha value is -2.45. The number of amides is 1. The molecule has 1 N–H and O–H groups in total. The van der Waals surface area contributed by atoms with Gasteiger partial charge in [-0.15, -0.1) is 11.3 Å². The van der Waals surface area contributed by atoms with Gasteiger partial charge in [0.25, 0.3) is 11.6 Å². The third-order valence-electron chi connectivity index (χ3n) is 5.23. The van der Waals surface area contributed by atoms with Crippen molar-refractivity contribution in [3.05, 3.63) is 56.3 Å². The van der Waals surface area contributed by atoms with E-state index >= 15 is 0 Å². The summed E-state index contributed by atoms with van der Waals surface area (Å²) in [4.78, 5) is 26.9. The maximum absolute atomic E-state index is 12.8. The quantitative estimate of drug-likeness (QED) is 0.560. The minimum absolute atomic E-state index is 0.0983. The van der Waals surface area contributed by atoms with Crippen molar-refractivity contribution in [2.75, 3.05) is 26.7 Å². The first kappa shape index (κ1) is 20.3. The van der Waals surface area contributed by atoms with Crippen LogP contribution in [-0.2, 0) is 0 Å². The lowest BCUT2D eigenvalue weighted by atomic mass is 9.97. The van der Waals surface area contributed by atoms with Gasteiger partial charge < -0.3 is 10.1 Å². The fourth-order valence-corrected chi connectivity index (χ4v) is 4.36.